The van der Waals surface area contributed by atoms with Crippen LogP contribution < -0.4 is 15.0 Å². The highest BCUT2D eigenvalue weighted by Gasteiger charge is 2.10. The standard InChI is InChI=1S/C18H22N2O2/c1-13-6-5-7-17(14(13)2)20(3)12-18(21)19-15-8-10-16(22-4)11-9-15/h5-11H,12H2,1-4H3,(H,19,21). The molecule has 2 aromatic rings. The van der Waals surface area contributed by atoms with Crippen molar-refractivity contribution in [1.29, 1.82) is 0 Å². The van der Waals surface area contributed by atoms with Crippen LogP contribution in [0.2, 0.25) is 0 Å². The van der Waals surface area contributed by atoms with Gasteiger partial charge in [-0.15, -0.1) is 0 Å². The van der Waals surface area contributed by atoms with Crippen LogP contribution in [0.4, 0.5) is 11.4 Å². The Morgan fingerprint density at radius 3 is 2.45 bits per heavy atom. The first-order valence-electron chi connectivity index (χ1n) is 7.22. The maximum absolute atomic E-state index is 12.2. The van der Waals surface area contributed by atoms with Crippen molar-refractivity contribution < 1.29 is 9.53 Å². The number of methoxy groups -OCH3 is 1. The van der Waals surface area contributed by atoms with Crippen molar-refractivity contribution in [3.63, 3.8) is 0 Å². The molecule has 2 aromatic carbocycles. The van der Waals surface area contributed by atoms with E-state index < -0.39 is 0 Å². The fraction of sp³-hybridized carbons (Fsp3) is 0.278. The van der Waals surface area contributed by atoms with Crippen molar-refractivity contribution >= 4 is 17.3 Å². The summed E-state index contributed by atoms with van der Waals surface area (Å²) in [4.78, 5) is 14.1. The Balaban J connectivity index is 2.00. The van der Waals surface area contributed by atoms with Gasteiger partial charge >= 0.3 is 0 Å². The molecule has 116 valence electrons. The first kappa shape index (κ1) is 15.9. The number of nitrogens with one attached hydrogen (secondary N) is 1. The number of hydrogen-bond acceptors (Lipinski definition) is 3. The summed E-state index contributed by atoms with van der Waals surface area (Å²) in [5, 5.41) is 2.89. The molecular formula is C18H22N2O2. The molecule has 0 aliphatic heterocycles. The Bertz CT molecular complexity index is 651. The molecule has 0 saturated heterocycles. The molecule has 1 amide bonds. The topological polar surface area (TPSA) is 41.6 Å². The minimum atomic E-state index is -0.0476. The van der Waals surface area contributed by atoms with Gasteiger partial charge in [-0.3, -0.25) is 4.79 Å². The molecule has 4 heteroatoms. The van der Waals surface area contributed by atoms with Crippen molar-refractivity contribution in [2.24, 2.45) is 0 Å². The average Bonchev–Trinajstić information content (AvgIpc) is 2.50. The van der Waals surface area contributed by atoms with E-state index in [4.69, 9.17) is 4.74 Å². The molecule has 4 nitrogen and oxygen atoms in total. The van der Waals surface area contributed by atoms with E-state index >= 15 is 0 Å². The third-order valence-corrected chi connectivity index (χ3v) is 3.74. The highest BCUT2D eigenvalue weighted by atomic mass is 16.5. The van der Waals surface area contributed by atoms with Gasteiger partial charge in [0.05, 0.1) is 13.7 Å². The summed E-state index contributed by atoms with van der Waals surface area (Å²) >= 11 is 0. The van der Waals surface area contributed by atoms with Crippen LogP contribution in [0.3, 0.4) is 0 Å². The normalized spacial score (nSPS) is 10.2. The number of amides is 1. The van der Waals surface area contributed by atoms with E-state index in [2.05, 4.69) is 25.2 Å². The monoisotopic (exact) mass is 298 g/mol. The molecule has 0 atom stereocenters. The van der Waals surface area contributed by atoms with Crippen molar-refractivity contribution in [2.75, 3.05) is 30.9 Å². The quantitative estimate of drug-likeness (QED) is 0.920. The van der Waals surface area contributed by atoms with E-state index in [-0.39, 0.29) is 5.91 Å². The van der Waals surface area contributed by atoms with Crippen LogP contribution in [0, 0.1) is 13.8 Å². The number of nitrogens with zero attached hydrogens (tertiary/aromatic N) is 1. The molecule has 0 aliphatic carbocycles. The van der Waals surface area contributed by atoms with Crippen LogP contribution in [0.15, 0.2) is 42.5 Å². The van der Waals surface area contributed by atoms with Crippen LogP contribution in [0.1, 0.15) is 11.1 Å². The fourth-order valence-electron chi connectivity index (χ4n) is 2.32. The van der Waals surface area contributed by atoms with Gasteiger partial charge < -0.3 is 15.0 Å². The Hall–Kier alpha value is -2.49. The first-order valence-corrected chi connectivity index (χ1v) is 7.22. The number of benzene rings is 2. The number of rotatable bonds is 5. The van der Waals surface area contributed by atoms with Gasteiger partial charge in [0.25, 0.3) is 0 Å². The van der Waals surface area contributed by atoms with E-state index in [1.165, 1.54) is 11.1 Å². The summed E-state index contributed by atoms with van der Waals surface area (Å²) in [7, 11) is 3.54. The molecule has 0 bridgehead atoms. The van der Waals surface area contributed by atoms with Crippen LogP contribution in [0.25, 0.3) is 0 Å². The van der Waals surface area contributed by atoms with Gasteiger partial charge in [0.1, 0.15) is 5.75 Å². The van der Waals surface area contributed by atoms with Gasteiger partial charge in [-0.25, -0.2) is 0 Å². The maximum Gasteiger partial charge on any atom is 0.243 e. The van der Waals surface area contributed by atoms with Gasteiger partial charge in [-0.1, -0.05) is 12.1 Å². The Morgan fingerprint density at radius 1 is 1.14 bits per heavy atom. The van der Waals surface area contributed by atoms with Crippen LogP contribution in [0.5, 0.6) is 5.75 Å². The lowest BCUT2D eigenvalue weighted by Crippen LogP contribution is -2.30. The molecule has 0 radical (unpaired) electrons. The largest absolute Gasteiger partial charge is 0.497 e. The second-order valence-corrected chi connectivity index (χ2v) is 5.35. The van der Waals surface area contributed by atoms with Gasteiger partial charge in [-0.2, -0.15) is 0 Å². The molecule has 0 aromatic heterocycles. The lowest BCUT2D eigenvalue weighted by molar-refractivity contribution is -0.114. The number of anilines is 2. The summed E-state index contributed by atoms with van der Waals surface area (Å²) in [5.74, 6) is 0.721. The minimum absolute atomic E-state index is 0.0476. The number of carbonyl (C=O) groups is 1. The van der Waals surface area contributed by atoms with Gasteiger partial charge in [-0.05, 0) is 55.3 Å². The summed E-state index contributed by atoms with van der Waals surface area (Å²) in [6.45, 7) is 4.45. The lowest BCUT2D eigenvalue weighted by atomic mass is 10.1. The fourth-order valence-corrected chi connectivity index (χ4v) is 2.32. The SMILES string of the molecule is COc1ccc(NC(=O)CN(C)c2cccc(C)c2C)cc1. The molecular weight excluding hydrogens is 276 g/mol. The number of carbonyl (C=O) groups excluding carboxylic acids is 1. The Kier molecular flexibility index (Phi) is 5.04. The van der Waals surface area contributed by atoms with E-state index in [0.717, 1.165) is 17.1 Å². The van der Waals surface area contributed by atoms with E-state index in [1.807, 2.05) is 48.3 Å². The first-order chi connectivity index (χ1) is 10.5. The van der Waals surface area contributed by atoms with Crippen molar-refractivity contribution in [1.82, 2.24) is 0 Å². The Labute approximate surface area is 131 Å². The molecule has 0 aliphatic rings. The summed E-state index contributed by atoms with van der Waals surface area (Å²) < 4.78 is 5.10. The summed E-state index contributed by atoms with van der Waals surface area (Å²) in [6, 6.07) is 13.4. The average molecular weight is 298 g/mol. The van der Waals surface area contributed by atoms with E-state index in [0.29, 0.717) is 6.54 Å². The second kappa shape index (κ2) is 6.98. The highest BCUT2D eigenvalue weighted by Crippen LogP contribution is 2.21. The maximum atomic E-state index is 12.2. The molecule has 0 fully saturated rings. The number of aryl methyl sites for hydroxylation is 1. The van der Waals surface area contributed by atoms with E-state index in [1.54, 1.807) is 7.11 Å². The third-order valence-electron chi connectivity index (χ3n) is 3.74. The minimum Gasteiger partial charge on any atom is -0.497 e. The molecule has 0 heterocycles. The van der Waals surface area contributed by atoms with E-state index in [9.17, 15) is 4.79 Å². The molecule has 1 N–H and O–H groups in total. The zero-order valence-corrected chi connectivity index (χ0v) is 13.5. The van der Waals surface area contributed by atoms with Crippen molar-refractivity contribution in [3.8, 4) is 5.75 Å². The highest BCUT2D eigenvalue weighted by molar-refractivity contribution is 5.94. The number of likely N-dealkylation sites (N-methyl/N-ethyl adjacent to an activating group) is 1. The van der Waals surface area contributed by atoms with Crippen molar-refractivity contribution in [3.05, 3.63) is 53.6 Å². The predicted molar refractivity (Wildman–Crippen MR) is 90.8 cm³/mol. The summed E-state index contributed by atoms with van der Waals surface area (Å²) in [5.41, 5.74) is 4.26. The zero-order chi connectivity index (χ0) is 16.1. The van der Waals surface area contributed by atoms with Gasteiger partial charge in [0.15, 0.2) is 0 Å². The molecule has 22 heavy (non-hydrogen) atoms. The Morgan fingerprint density at radius 2 is 1.82 bits per heavy atom. The van der Waals surface area contributed by atoms with Crippen molar-refractivity contribution in [2.45, 2.75) is 13.8 Å². The lowest BCUT2D eigenvalue weighted by Gasteiger charge is -2.22. The molecule has 0 saturated carbocycles. The number of ether oxygens (including phenoxy) is 1. The molecule has 2 rings (SSSR count). The van der Waals surface area contributed by atoms with Crippen LogP contribution in [-0.2, 0) is 4.79 Å². The summed E-state index contributed by atoms with van der Waals surface area (Å²) in [6.07, 6.45) is 0. The smallest absolute Gasteiger partial charge is 0.243 e. The van der Waals surface area contributed by atoms with Gasteiger partial charge in [0, 0.05) is 18.4 Å². The van der Waals surface area contributed by atoms with Crippen LogP contribution in [-0.4, -0.2) is 26.6 Å². The number of hydrogen-bond donors (Lipinski definition) is 1. The second-order valence-electron chi connectivity index (χ2n) is 5.35. The third kappa shape index (κ3) is 3.79. The predicted octanol–water partition coefficient (Wildman–Crippen LogP) is 3.39. The zero-order valence-electron chi connectivity index (χ0n) is 13.5. The molecule has 0 spiro atoms. The van der Waals surface area contributed by atoms with Gasteiger partial charge in [0.2, 0.25) is 5.91 Å². The van der Waals surface area contributed by atoms with Crippen LogP contribution >= 0.6 is 0 Å². The molecule has 0 unspecified atom stereocenters.